The van der Waals surface area contributed by atoms with E-state index in [1.807, 2.05) is 0 Å². The minimum absolute atomic E-state index is 0.00796. The molecule has 0 radical (unpaired) electrons. The van der Waals surface area contributed by atoms with Gasteiger partial charge < -0.3 is 28.8 Å². The highest BCUT2D eigenvalue weighted by Crippen LogP contribution is 2.37. The van der Waals surface area contributed by atoms with Crippen LogP contribution in [0.25, 0.3) is 10.9 Å². The Morgan fingerprint density at radius 3 is 2.58 bits per heavy atom. The average molecular weight is 619 g/mol. The second kappa shape index (κ2) is 15.2. The van der Waals surface area contributed by atoms with Crippen molar-refractivity contribution in [2.45, 2.75) is 12.8 Å². The lowest BCUT2D eigenvalue weighted by atomic mass is 10.1. The predicted molar refractivity (Wildman–Crippen MR) is 166 cm³/mol. The number of rotatable bonds is 13. The lowest BCUT2D eigenvalue weighted by molar-refractivity contribution is -0.120. The molecule has 236 valence electrons. The van der Waals surface area contributed by atoms with Gasteiger partial charge in [-0.05, 0) is 60.0 Å². The molecule has 5 rings (SSSR count). The number of morpholine rings is 1. The number of phenols is 1. The van der Waals surface area contributed by atoms with Gasteiger partial charge in [-0.15, -0.1) is 0 Å². The van der Waals surface area contributed by atoms with Crippen molar-refractivity contribution < 1.29 is 38.0 Å². The van der Waals surface area contributed by atoms with E-state index in [1.54, 1.807) is 49.7 Å². The summed E-state index contributed by atoms with van der Waals surface area (Å²) in [7, 11) is 3.01. The molecule has 1 amide bonds. The van der Waals surface area contributed by atoms with Gasteiger partial charge in [0.15, 0.2) is 34.6 Å². The van der Waals surface area contributed by atoms with Gasteiger partial charge in [0, 0.05) is 37.3 Å². The van der Waals surface area contributed by atoms with Crippen LogP contribution in [0.4, 0.5) is 4.39 Å². The van der Waals surface area contributed by atoms with Crippen molar-refractivity contribution in [3.63, 3.8) is 0 Å². The summed E-state index contributed by atoms with van der Waals surface area (Å²) in [4.78, 5) is 19.2. The number of amides is 1. The first-order valence-electron chi connectivity index (χ1n) is 14.5. The van der Waals surface area contributed by atoms with Gasteiger partial charge in [0.05, 0.1) is 52.2 Å². The third-order valence-corrected chi connectivity index (χ3v) is 7.15. The molecule has 2 N–H and O–H groups in total. The van der Waals surface area contributed by atoms with Crippen LogP contribution in [0.2, 0.25) is 0 Å². The van der Waals surface area contributed by atoms with Gasteiger partial charge in [0.2, 0.25) is 5.91 Å². The van der Waals surface area contributed by atoms with E-state index < -0.39 is 11.7 Å². The number of carbonyl (C=O) groups excluding carboxylic acids is 1. The fraction of sp³-hybridized carbons (Fsp3) is 0.303. The van der Waals surface area contributed by atoms with Crippen molar-refractivity contribution in [2.75, 3.05) is 53.7 Å². The molecular formula is C33H35FN4O7. The molecule has 1 fully saturated rings. The topological polar surface area (TPSA) is 124 Å². The number of nitrogens with zero attached hydrogens (tertiary/aromatic N) is 3. The van der Waals surface area contributed by atoms with Gasteiger partial charge in [-0.3, -0.25) is 14.7 Å². The number of fused-ring (bicyclic) bond motifs is 1. The average Bonchev–Trinajstić information content (AvgIpc) is 3.04. The molecule has 3 aromatic carbocycles. The summed E-state index contributed by atoms with van der Waals surface area (Å²) < 4.78 is 43.0. The van der Waals surface area contributed by atoms with Gasteiger partial charge in [-0.2, -0.15) is 5.10 Å². The molecule has 4 aromatic rings. The Balaban J connectivity index is 1.19. The lowest BCUT2D eigenvalue weighted by Crippen LogP contribution is -2.37. The van der Waals surface area contributed by atoms with Crippen molar-refractivity contribution >= 4 is 23.0 Å². The highest BCUT2D eigenvalue weighted by molar-refractivity contribution is 5.88. The Hall–Kier alpha value is -4.94. The first kappa shape index (κ1) is 31.5. The molecule has 0 bridgehead atoms. The zero-order chi connectivity index (χ0) is 31.6. The largest absolute Gasteiger partial charge is 0.504 e. The number of benzene rings is 3. The van der Waals surface area contributed by atoms with E-state index in [-0.39, 0.29) is 17.9 Å². The van der Waals surface area contributed by atoms with Crippen LogP contribution in [-0.4, -0.2) is 80.8 Å². The van der Waals surface area contributed by atoms with Crippen molar-refractivity contribution in [1.29, 1.82) is 0 Å². The van der Waals surface area contributed by atoms with Crippen LogP contribution in [0.5, 0.6) is 34.5 Å². The van der Waals surface area contributed by atoms with Crippen LogP contribution in [0.15, 0.2) is 65.9 Å². The third-order valence-electron chi connectivity index (χ3n) is 7.15. The Kier molecular flexibility index (Phi) is 10.6. The van der Waals surface area contributed by atoms with Crippen molar-refractivity contribution in [3.05, 3.63) is 77.7 Å². The van der Waals surface area contributed by atoms with Crippen LogP contribution >= 0.6 is 0 Å². The van der Waals surface area contributed by atoms with E-state index in [4.69, 9.17) is 23.7 Å². The number of hydrazone groups is 1. The lowest BCUT2D eigenvalue weighted by Gasteiger charge is -2.26. The number of ether oxygens (including phenoxy) is 5. The van der Waals surface area contributed by atoms with E-state index in [1.165, 1.54) is 31.5 Å². The van der Waals surface area contributed by atoms with E-state index in [9.17, 15) is 9.90 Å². The van der Waals surface area contributed by atoms with Crippen LogP contribution in [0.3, 0.4) is 0 Å². The fourth-order valence-corrected chi connectivity index (χ4v) is 4.83. The fourth-order valence-electron chi connectivity index (χ4n) is 4.83. The second-order valence-electron chi connectivity index (χ2n) is 10.3. The summed E-state index contributed by atoms with van der Waals surface area (Å²) in [5, 5.41) is 14.4. The number of halogens is 1. The maximum Gasteiger partial charge on any atom is 0.244 e. The maximum absolute atomic E-state index is 15.1. The van der Waals surface area contributed by atoms with Gasteiger partial charge in [0.1, 0.15) is 5.75 Å². The molecule has 1 aliphatic rings. The smallest absolute Gasteiger partial charge is 0.244 e. The molecule has 2 heterocycles. The van der Waals surface area contributed by atoms with E-state index in [0.717, 1.165) is 39.3 Å². The number of aromatic nitrogens is 1. The van der Waals surface area contributed by atoms with Crippen molar-refractivity contribution in [2.24, 2.45) is 5.10 Å². The second-order valence-corrected chi connectivity index (χ2v) is 10.3. The highest BCUT2D eigenvalue weighted by Gasteiger charge is 2.15. The number of hydrogen-bond acceptors (Lipinski definition) is 10. The number of pyridine rings is 1. The summed E-state index contributed by atoms with van der Waals surface area (Å²) in [6.45, 7) is 4.82. The number of hydrogen-bond donors (Lipinski definition) is 2. The van der Waals surface area contributed by atoms with E-state index >= 15 is 4.39 Å². The molecule has 1 saturated heterocycles. The van der Waals surface area contributed by atoms with E-state index in [0.29, 0.717) is 51.6 Å². The molecule has 0 atom stereocenters. The van der Waals surface area contributed by atoms with Crippen LogP contribution in [-0.2, 0) is 16.0 Å². The molecule has 11 nitrogen and oxygen atoms in total. The minimum Gasteiger partial charge on any atom is -0.504 e. The SMILES string of the molecule is COc1ccc(/C=N/NC(=O)Cc2ccc(Oc3ccnc4cc(OCCCN5CCOCC5)c(OC)cc34)c(F)c2)cc1O. The summed E-state index contributed by atoms with van der Waals surface area (Å²) >= 11 is 0. The molecule has 0 saturated carbocycles. The zero-order valence-corrected chi connectivity index (χ0v) is 25.1. The molecule has 0 aliphatic carbocycles. The van der Waals surface area contributed by atoms with Gasteiger partial charge in [-0.25, -0.2) is 9.82 Å². The summed E-state index contributed by atoms with van der Waals surface area (Å²) in [6.07, 6.45) is 3.71. The number of aromatic hydroxyl groups is 1. The Labute approximate surface area is 260 Å². The van der Waals surface area contributed by atoms with Gasteiger partial charge >= 0.3 is 0 Å². The molecule has 1 aromatic heterocycles. The number of carbonyl (C=O) groups is 1. The quantitative estimate of drug-likeness (QED) is 0.125. The summed E-state index contributed by atoms with van der Waals surface area (Å²) in [5.74, 6) is 0.670. The first-order chi connectivity index (χ1) is 21.9. The van der Waals surface area contributed by atoms with Crippen LogP contribution in [0, 0.1) is 5.82 Å². The monoisotopic (exact) mass is 618 g/mol. The predicted octanol–water partition coefficient (Wildman–Crippen LogP) is 4.68. The normalized spacial score (nSPS) is 13.6. The van der Waals surface area contributed by atoms with Crippen molar-refractivity contribution in [3.8, 4) is 34.5 Å². The van der Waals surface area contributed by atoms with Crippen LogP contribution < -0.4 is 24.4 Å². The molecular weight excluding hydrogens is 583 g/mol. The minimum atomic E-state index is -0.630. The zero-order valence-electron chi connectivity index (χ0n) is 25.1. The Bertz CT molecular complexity index is 1660. The summed E-state index contributed by atoms with van der Waals surface area (Å²) in [6, 6.07) is 14.2. The Morgan fingerprint density at radius 2 is 1.82 bits per heavy atom. The molecule has 0 unspecified atom stereocenters. The van der Waals surface area contributed by atoms with Crippen LogP contribution in [0.1, 0.15) is 17.5 Å². The standard InChI is InChI=1S/C33H35FN4O7/c1-41-30-7-5-23(17-27(30)39)21-36-37-33(40)18-22-4-6-29(25(34)16-22)45-28-8-9-35-26-20-32(31(42-2)19-24(26)28)44-13-3-10-38-11-14-43-15-12-38/h4-9,16-17,19-21,39H,3,10-15,18H2,1-2H3,(H,37,40)/b36-21+. The van der Waals surface area contributed by atoms with Gasteiger partial charge in [-0.1, -0.05) is 6.07 Å². The van der Waals surface area contributed by atoms with Gasteiger partial charge in [0.25, 0.3) is 0 Å². The highest BCUT2D eigenvalue weighted by atomic mass is 19.1. The van der Waals surface area contributed by atoms with E-state index in [2.05, 4.69) is 20.4 Å². The molecule has 1 aliphatic heterocycles. The molecule has 12 heteroatoms. The molecule has 45 heavy (non-hydrogen) atoms. The van der Waals surface area contributed by atoms with Crippen molar-refractivity contribution in [1.82, 2.24) is 15.3 Å². The third kappa shape index (κ3) is 8.37. The molecule has 0 spiro atoms. The Morgan fingerprint density at radius 1 is 1.02 bits per heavy atom. The first-order valence-corrected chi connectivity index (χ1v) is 14.5. The summed E-state index contributed by atoms with van der Waals surface area (Å²) in [5.41, 5.74) is 4.00. The number of nitrogens with one attached hydrogen (secondary N) is 1. The maximum atomic E-state index is 15.1. The number of methoxy groups -OCH3 is 2. The number of phenolic OH excluding ortho intramolecular Hbond substituents is 1.